The number of hydrogen-bond acceptors (Lipinski definition) is 3. The molecule has 22 heavy (non-hydrogen) atoms. The number of likely N-dealkylation sites (tertiary alicyclic amines) is 1. The number of terminal acetylenes is 1. The third-order valence-corrected chi connectivity index (χ3v) is 4.77. The van der Waals surface area contributed by atoms with Gasteiger partial charge in [0.05, 0.1) is 0 Å². The van der Waals surface area contributed by atoms with Gasteiger partial charge in [0.2, 0.25) is 5.91 Å². The maximum absolute atomic E-state index is 12.4. The van der Waals surface area contributed by atoms with Crippen LogP contribution in [-0.2, 0) is 9.59 Å². The van der Waals surface area contributed by atoms with Crippen molar-refractivity contribution in [3.8, 4) is 12.5 Å². The lowest BCUT2D eigenvalue weighted by atomic mass is 9.80. The first-order chi connectivity index (χ1) is 10.3. The lowest BCUT2D eigenvalue weighted by Gasteiger charge is -2.31. The zero-order valence-electron chi connectivity index (χ0n) is 14.5. The van der Waals surface area contributed by atoms with Gasteiger partial charge >= 0.3 is 0 Å². The van der Waals surface area contributed by atoms with Gasteiger partial charge < -0.3 is 9.80 Å². The van der Waals surface area contributed by atoms with Crippen LogP contribution >= 0.6 is 0 Å². The van der Waals surface area contributed by atoms with E-state index in [1.165, 1.54) is 0 Å². The predicted molar refractivity (Wildman–Crippen MR) is 89.1 cm³/mol. The van der Waals surface area contributed by atoms with E-state index in [4.69, 9.17) is 6.42 Å². The summed E-state index contributed by atoms with van der Waals surface area (Å²) in [6.07, 6.45) is 10.1. The average Bonchev–Trinajstić information content (AvgIpc) is 2.91. The molecule has 4 nitrogen and oxygen atoms in total. The SMILES string of the molecule is C#CN(C)CCC(=O)C(C)(C)CCC(CC)N1CCCC1=O. The second kappa shape index (κ2) is 8.22. The second-order valence-corrected chi connectivity index (χ2v) is 6.90. The Morgan fingerprint density at radius 1 is 1.50 bits per heavy atom. The smallest absolute Gasteiger partial charge is 0.222 e. The normalized spacial score (nSPS) is 16.5. The first-order valence-corrected chi connectivity index (χ1v) is 8.32. The highest BCUT2D eigenvalue weighted by molar-refractivity contribution is 5.84. The van der Waals surface area contributed by atoms with Crippen molar-refractivity contribution in [2.45, 2.75) is 65.3 Å². The molecule has 1 aliphatic heterocycles. The molecule has 0 aromatic rings. The summed E-state index contributed by atoms with van der Waals surface area (Å²) in [4.78, 5) is 28.0. The van der Waals surface area contributed by atoms with Gasteiger partial charge in [-0.25, -0.2) is 0 Å². The molecule has 0 aromatic heterocycles. The van der Waals surface area contributed by atoms with Crippen LogP contribution in [-0.4, -0.2) is 47.7 Å². The van der Waals surface area contributed by atoms with Crippen molar-refractivity contribution in [2.75, 3.05) is 20.1 Å². The molecule has 0 aromatic carbocycles. The Balaban J connectivity index is 2.50. The van der Waals surface area contributed by atoms with E-state index < -0.39 is 0 Å². The first kappa shape index (κ1) is 18.5. The van der Waals surface area contributed by atoms with Crippen LogP contribution in [0.3, 0.4) is 0 Å². The number of Topliss-reactive ketones (excluding diaryl/α,β-unsaturated/α-hetero) is 1. The molecule has 0 bridgehead atoms. The van der Waals surface area contributed by atoms with Crippen molar-refractivity contribution in [3.63, 3.8) is 0 Å². The number of carbonyl (C=O) groups excluding carboxylic acids is 2. The topological polar surface area (TPSA) is 40.6 Å². The molecule has 1 aliphatic rings. The summed E-state index contributed by atoms with van der Waals surface area (Å²) in [6, 6.07) is 2.78. The van der Waals surface area contributed by atoms with Crippen LogP contribution in [0.2, 0.25) is 0 Å². The number of rotatable bonds is 9. The minimum absolute atomic E-state index is 0.247. The van der Waals surface area contributed by atoms with Crippen molar-refractivity contribution < 1.29 is 9.59 Å². The first-order valence-electron chi connectivity index (χ1n) is 8.32. The third kappa shape index (κ3) is 5.05. The predicted octanol–water partition coefficient (Wildman–Crippen LogP) is 2.68. The fraction of sp³-hybridized carbons (Fsp3) is 0.778. The zero-order valence-corrected chi connectivity index (χ0v) is 14.5. The lowest BCUT2D eigenvalue weighted by molar-refractivity contribution is -0.130. The summed E-state index contributed by atoms with van der Waals surface area (Å²) >= 11 is 0. The standard InChI is InChI=1S/C18H30N2O2/c1-6-15(20-13-8-9-17(20)22)10-12-18(3,4)16(21)11-14-19(5)7-2/h2,15H,6,8-14H2,1,3-5H3. The Bertz CT molecular complexity index is 437. The van der Waals surface area contributed by atoms with Gasteiger partial charge in [-0.15, -0.1) is 0 Å². The molecule has 1 saturated heterocycles. The van der Waals surface area contributed by atoms with E-state index in [2.05, 4.69) is 13.0 Å². The minimum atomic E-state index is -0.356. The van der Waals surface area contributed by atoms with Gasteiger partial charge in [0.1, 0.15) is 5.78 Å². The number of carbonyl (C=O) groups is 2. The number of hydrogen-bond donors (Lipinski definition) is 0. The molecular weight excluding hydrogens is 276 g/mol. The maximum atomic E-state index is 12.4. The Kier molecular flexibility index (Phi) is 6.93. The maximum Gasteiger partial charge on any atom is 0.222 e. The zero-order chi connectivity index (χ0) is 16.8. The summed E-state index contributed by atoms with van der Waals surface area (Å²) in [5.41, 5.74) is -0.356. The third-order valence-electron chi connectivity index (χ3n) is 4.77. The molecule has 1 heterocycles. The van der Waals surface area contributed by atoms with E-state index in [9.17, 15) is 9.59 Å². The number of nitrogens with zero attached hydrogens (tertiary/aromatic N) is 2. The summed E-state index contributed by atoms with van der Waals surface area (Å²) in [5, 5.41) is 0. The van der Waals surface area contributed by atoms with Gasteiger partial charge in [0, 0.05) is 50.5 Å². The van der Waals surface area contributed by atoms with Crippen LogP contribution in [0.5, 0.6) is 0 Å². The molecule has 0 saturated carbocycles. The highest BCUT2D eigenvalue weighted by atomic mass is 16.2. The van der Waals surface area contributed by atoms with Gasteiger partial charge in [0.15, 0.2) is 0 Å². The van der Waals surface area contributed by atoms with Crippen LogP contribution in [0.15, 0.2) is 0 Å². The van der Waals surface area contributed by atoms with Gasteiger partial charge in [0.25, 0.3) is 0 Å². The van der Waals surface area contributed by atoms with Crippen molar-refractivity contribution in [3.05, 3.63) is 0 Å². The molecule has 4 heteroatoms. The number of amides is 1. The van der Waals surface area contributed by atoms with Gasteiger partial charge in [-0.1, -0.05) is 27.2 Å². The molecule has 1 unspecified atom stereocenters. The van der Waals surface area contributed by atoms with Crippen molar-refractivity contribution >= 4 is 11.7 Å². The highest BCUT2D eigenvalue weighted by Gasteiger charge is 2.31. The molecule has 0 radical (unpaired) electrons. The fourth-order valence-corrected chi connectivity index (χ4v) is 2.97. The van der Waals surface area contributed by atoms with E-state index in [1.807, 2.05) is 25.8 Å². The van der Waals surface area contributed by atoms with Crippen LogP contribution in [0, 0.1) is 17.9 Å². The van der Waals surface area contributed by atoms with Crippen LogP contribution in [0.25, 0.3) is 0 Å². The summed E-state index contributed by atoms with van der Waals surface area (Å²) in [6.45, 7) is 7.60. The van der Waals surface area contributed by atoms with E-state index >= 15 is 0 Å². The second-order valence-electron chi connectivity index (χ2n) is 6.90. The van der Waals surface area contributed by atoms with E-state index in [-0.39, 0.29) is 23.1 Å². The molecule has 124 valence electrons. The average molecular weight is 306 g/mol. The largest absolute Gasteiger partial charge is 0.340 e. The Morgan fingerprint density at radius 3 is 2.68 bits per heavy atom. The van der Waals surface area contributed by atoms with Gasteiger partial charge in [-0.2, -0.15) is 0 Å². The van der Waals surface area contributed by atoms with Crippen LogP contribution in [0.1, 0.15) is 59.3 Å². The molecule has 1 rings (SSSR count). The fourth-order valence-electron chi connectivity index (χ4n) is 2.97. The van der Waals surface area contributed by atoms with Crippen molar-refractivity contribution in [1.82, 2.24) is 9.80 Å². The highest BCUT2D eigenvalue weighted by Crippen LogP contribution is 2.29. The Hall–Kier alpha value is -1.50. The molecule has 0 spiro atoms. The monoisotopic (exact) mass is 306 g/mol. The Morgan fingerprint density at radius 2 is 2.18 bits per heavy atom. The van der Waals surface area contributed by atoms with E-state index in [0.717, 1.165) is 32.2 Å². The summed E-state index contributed by atoms with van der Waals surface area (Å²) < 4.78 is 0. The Labute approximate surface area is 135 Å². The van der Waals surface area contributed by atoms with Crippen LogP contribution < -0.4 is 0 Å². The quantitative estimate of drug-likeness (QED) is 0.486. The molecule has 0 aliphatic carbocycles. The van der Waals surface area contributed by atoms with Crippen LogP contribution in [0.4, 0.5) is 0 Å². The molecular formula is C18H30N2O2. The molecule has 1 atom stereocenters. The molecule has 1 fully saturated rings. The van der Waals surface area contributed by atoms with Gasteiger partial charge in [-0.05, 0) is 25.7 Å². The minimum Gasteiger partial charge on any atom is -0.340 e. The van der Waals surface area contributed by atoms with E-state index in [1.54, 1.807) is 4.90 Å². The van der Waals surface area contributed by atoms with Crippen molar-refractivity contribution in [1.29, 1.82) is 0 Å². The molecule has 1 amide bonds. The van der Waals surface area contributed by atoms with Gasteiger partial charge in [-0.3, -0.25) is 9.59 Å². The summed E-state index contributed by atoms with van der Waals surface area (Å²) in [7, 11) is 1.81. The lowest BCUT2D eigenvalue weighted by Crippen LogP contribution is -2.37. The summed E-state index contributed by atoms with van der Waals surface area (Å²) in [5.74, 6) is 0.517. The molecule has 0 N–H and O–H groups in total. The number of ketones is 1. The van der Waals surface area contributed by atoms with Crippen molar-refractivity contribution in [2.24, 2.45) is 5.41 Å². The van der Waals surface area contributed by atoms with E-state index in [0.29, 0.717) is 19.4 Å².